The molecular weight excluding hydrogens is 244 g/mol. The van der Waals surface area contributed by atoms with Gasteiger partial charge >= 0.3 is 12.0 Å². The number of rotatable bonds is 5. The number of carbonyl (C=O) groups is 2. The number of nitrogens with one attached hydrogen (secondary N) is 1. The number of carboxylic acids is 1. The molecular formula is C14H26N2O3. The maximum atomic E-state index is 12.0. The summed E-state index contributed by atoms with van der Waals surface area (Å²) in [6.45, 7) is 7.37. The summed E-state index contributed by atoms with van der Waals surface area (Å²) in [5.74, 6) is -0.424. The van der Waals surface area contributed by atoms with Gasteiger partial charge in [0.1, 0.15) is 0 Å². The molecule has 0 spiro atoms. The standard InChI is InChI=1S/C14H26N2O3/c1-10-6-8-16(12(3)9-10)14(19)15-7-4-5-11(2)13(17)18/h10-12H,4-9H2,1-3H3,(H,15,19)(H,17,18). The van der Waals surface area contributed by atoms with Crippen molar-refractivity contribution < 1.29 is 14.7 Å². The molecule has 0 radical (unpaired) electrons. The molecule has 1 fully saturated rings. The highest BCUT2D eigenvalue weighted by atomic mass is 16.4. The monoisotopic (exact) mass is 270 g/mol. The summed E-state index contributed by atoms with van der Waals surface area (Å²) in [6.07, 6.45) is 3.43. The van der Waals surface area contributed by atoms with Crippen molar-refractivity contribution in [1.29, 1.82) is 0 Å². The third-order valence-corrected chi connectivity index (χ3v) is 3.91. The van der Waals surface area contributed by atoms with E-state index < -0.39 is 5.97 Å². The number of hydrogen-bond acceptors (Lipinski definition) is 2. The summed E-state index contributed by atoms with van der Waals surface area (Å²) in [6, 6.07) is 0.282. The Morgan fingerprint density at radius 2 is 2.11 bits per heavy atom. The lowest BCUT2D eigenvalue weighted by atomic mass is 9.94. The fourth-order valence-electron chi connectivity index (χ4n) is 2.54. The molecule has 0 aliphatic carbocycles. The summed E-state index contributed by atoms with van der Waals surface area (Å²) < 4.78 is 0. The predicted molar refractivity (Wildman–Crippen MR) is 74.0 cm³/mol. The Balaban J connectivity index is 2.22. The number of carbonyl (C=O) groups excluding carboxylic acids is 1. The van der Waals surface area contributed by atoms with Crippen LogP contribution in [0.1, 0.15) is 46.5 Å². The van der Waals surface area contributed by atoms with Crippen molar-refractivity contribution in [3.63, 3.8) is 0 Å². The van der Waals surface area contributed by atoms with Crippen molar-refractivity contribution in [2.45, 2.75) is 52.5 Å². The Hall–Kier alpha value is -1.26. The zero-order chi connectivity index (χ0) is 14.4. The van der Waals surface area contributed by atoms with Gasteiger partial charge in [-0.1, -0.05) is 13.8 Å². The molecule has 0 aromatic heterocycles. The molecule has 5 heteroatoms. The third-order valence-electron chi connectivity index (χ3n) is 3.91. The number of amides is 2. The summed E-state index contributed by atoms with van der Waals surface area (Å²) in [5, 5.41) is 11.6. The summed E-state index contributed by atoms with van der Waals surface area (Å²) in [4.78, 5) is 24.5. The van der Waals surface area contributed by atoms with Gasteiger partial charge in [-0.25, -0.2) is 4.79 Å². The van der Waals surface area contributed by atoms with Crippen LogP contribution < -0.4 is 5.32 Å². The van der Waals surface area contributed by atoms with E-state index in [-0.39, 0.29) is 11.9 Å². The van der Waals surface area contributed by atoms with Crippen LogP contribution in [0.4, 0.5) is 4.79 Å². The number of nitrogens with zero attached hydrogens (tertiary/aromatic N) is 1. The van der Waals surface area contributed by atoms with Gasteiger partial charge in [0.15, 0.2) is 0 Å². The molecule has 5 nitrogen and oxygen atoms in total. The molecule has 1 heterocycles. The fourth-order valence-corrected chi connectivity index (χ4v) is 2.54. The van der Waals surface area contributed by atoms with Gasteiger partial charge in [0, 0.05) is 19.1 Å². The highest BCUT2D eigenvalue weighted by Gasteiger charge is 2.26. The molecule has 0 aromatic carbocycles. The molecule has 2 N–H and O–H groups in total. The second-order valence-electron chi connectivity index (χ2n) is 5.79. The van der Waals surface area contributed by atoms with Crippen molar-refractivity contribution in [1.82, 2.24) is 10.2 Å². The van der Waals surface area contributed by atoms with Gasteiger partial charge in [-0.15, -0.1) is 0 Å². The van der Waals surface area contributed by atoms with E-state index in [2.05, 4.69) is 19.2 Å². The smallest absolute Gasteiger partial charge is 0.317 e. The second-order valence-corrected chi connectivity index (χ2v) is 5.79. The fraction of sp³-hybridized carbons (Fsp3) is 0.857. The normalized spacial score (nSPS) is 24.9. The first-order chi connectivity index (χ1) is 8.91. The minimum Gasteiger partial charge on any atom is -0.481 e. The van der Waals surface area contributed by atoms with Crippen molar-refractivity contribution in [3.05, 3.63) is 0 Å². The zero-order valence-corrected chi connectivity index (χ0v) is 12.2. The van der Waals surface area contributed by atoms with Crippen LogP contribution >= 0.6 is 0 Å². The number of likely N-dealkylation sites (tertiary alicyclic amines) is 1. The first-order valence-corrected chi connectivity index (χ1v) is 7.19. The van der Waals surface area contributed by atoms with Crippen LogP contribution in [0.2, 0.25) is 0 Å². The van der Waals surface area contributed by atoms with Crippen LogP contribution in [0.25, 0.3) is 0 Å². The first-order valence-electron chi connectivity index (χ1n) is 7.19. The van der Waals surface area contributed by atoms with E-state index in [0.717, 1.165) is 19.4 Å². The highest BCUT2D eigenvalue weighted by Crippen LogP contribution is 2.21. The third kappa shape index (κ3) is 5.09. The van der Waals surface area contributed by atoms with Crippen LogP contribution in [-0.2, 0) is 4.79 Å². The Bertz CT molecular complexity index is 320. The Morgan fingerprint density at radius 3 is 2.68 bits per heavy atom. The molecule has 2 amide bonds. The van der Waals surface area contributed by atoms with E-state index in [1.54, 1.807) is 6.92 Å². The van der Waals surface area contributed by atoms with Crippen LogP contribution in [0.5, 0.6) is 0 Å². The lowest BCUT2D eigenvalue weighted by Gasteiger charge is -2.36. The molecule has 1 aliphatic heterocycles. The number of aliphatic carboxylic acids is 1. The Labute approximate surface area is 115 Å². The molecule has 3 unspecified atom stereocenters. The van der Waals surface area contributed by atoms with E-state index in [0.29, 0.717) is 31.3 Å². The molecule has 1 rings (SSSR count). The van der Waals surface area contributed by atoms with Crippen molar-refractivity contribution in [2.24, 2.45) is 11.8 Å². The molecule has 0 aromatic rings. The molecule has 1 saturated heterocycles. The summed E-state index contributed by atoms with van der Waals surface area (Å²) in [7, 11) is 0. The minimum atomic E-state index is -0.773. The summed E-state index contributed by atoms with van der Waals surface area (Å²) >= 11 is 0. The lowest BCUT2D eigenvalue weighted by molar-refractivity contribution is -0.141. The van der Waals surface area contributed by atoms with Crippen molar-refractivity contribution >= 4 is 12.0 Å². The van der Waals surface area contributed by atoms with E-state index in [9.17, 15) is 9.59 Å². The molecule has 19 heavy (non-hydrogen) atoms. The van der Waals surface area contributed by atoms with Gasteiger partial charge in [-0.3, -0.25) is 4.79 Å². The van der Waals surface area contributed by atoms with E-state index in [4.69, 9.17) is 5.11 Å². The topological polar surface area (TPSA) is 69.6 Å². The minimum absolute atomic E-state index is 0.0117. The highest BCUT2D eigenvalue weighted by molar-refractivity contribution is 5.74. The Kier molecular flexibility index (Phi) is 6.12. The lowest BCUT2D eigenvalue weighted by Crippen LogP contribution is -2.49. The van der Waals surface area contributed by atoms with E-state index in [1.165, 1.54) is 0 Å². The van der Waals surface area contributed by atoms with E-state index in [1.807, 2.05) is 4.90 Å². The van der Waals surface area contributed by atoms with Gasteiger partial charge in [0.25, 0.3) is 0 Å². The second kappa shape index (κ2) is 7.36. The molecule has 3 atom stereocenters. The average molecular weight is 270 g/mol. The van der Waals surface area contributed by atoms with Gasteiger partial charge < -0.3 is 15.3 Å². The van der Waals surface area contributed by atoms with Crippen molar-refractivity contribution in [2.75, 3.05) is 13.1 Å². The summed E-state index contributed by atoms with van der Waals surface area (Å²) in [5.41, 5.74) is 0. The van der Waals surface area contributed by atoms with Crippen LogP contribution in [-0.4, -0.2) is 41.1 Å². The van der Waals surface area contributed by atoms with E-state index >= 15 is 0 Å². The van der Waals surface area contributed by atoms with Gasteiger partial charge in [-0.05, 0) is 38.5 Å². The number of piperidine rings is 1. The zero-order valence-electron chi connectivity index (χ0n) is 12.2. The first kappa shape index (κ1) is 15.8. The quantitative estimate of drug-likeness (QED) is 0.753. The average Bonchev–Trinajstić information content (AvgIpc) is 2.33. The predicted octanol–water partition coefficient (Wildman–Crippen LogP) is 2.32. The van der Waals surface area contributed by atoms with Crippen molar-refractivity contribution in [3.8, 4) is 0 Å². The van der Waals surface area contributed by atoms with Gasteiger partial charge in [0.05, 0.1) is 5.92 Å². The Morgan fingerprint density at radius 1 is 1.42 bits per heavy atom. The van der Waals surface area contributed by atoms with Gasteiger partial charge in [-0.2, -0.15) is 0 Å². The number of urea groups is 1. The number of hydrogen-bond donors (Lipinski definition) is 2. The molecule has 0 saturated carbocycles. The molecule has 1 aliphatic rings. The SMILES string of the molecule is CC1CCN(C(=O)NCCCC(C)C(=O)O)C(C)C1. The van der Waals surface area contributed by atoms with Crippen LogP contribution in [0.3, 0.4) is 0 Å². The maximum absolute atomic E-state index is 12.0. The number of carboxylic acid groups (broad SMARTS) is 1. The molecule has 0 bridgehead atoms. The largest absolute Gasteiger partial charge is 0.481 e. The maximum Gasteiger partial charge on any atom is 0.317 e. The molecule has 110 valence electrons. The van der Waals surface area contributed by atoms with Gasteiger partial charge in [0.2, 0.25) is 0 Å². The van der Waals surface area contributed by atoms with Crippen LogP contribution in [0.15, 0.2) is 0 Å². The van der Waals surface area contributed by atoms with Crippen LogP contribution in [0, 0.1) is 11.8 Å².